The Morgan fingerprint density at radius 2 is 1.66 bits per heavy atom. The van der Waals surface area contributed by atoms with Gasteiger partial charge in [-0.3, -0.25) is 9.59 Å². The van der Waals surface area contributed by atoms with Crippen molar-refractivity contribution in [3.63, 3.8) is 0 Å². The van der Waals surface area contributed by atoms with Crippen molar-refractivity contribution in [3.05, 3.63) is 75.4 Å². The predicted molar refractivity (Wildman–Crippen MR) is 118 cm³/mol. The summed E-state index contributed by atoms with van der Waals surface area (Å²) in [7, 11) is 0. The van der Waals surface area contributed by atoms with Gasteiger partial charge in [0.1, 0.15) is 0 Å². The van der Waals surface area contributed by atoms with Gasteiger partial charge in [-0.2, -0.15) is 0 Å². The van der Waals surface area contributed by atoms with Crippen LogP contribution in [-0.4, -0.2) is 47.8 Å². The third-order valence-corrected chi connectivity index (χ3v) is 7.11. The molecule has 0 radical (unpaired) electrons. The molecule has 5 nitrogen and oxygen atoms in total. The highest BCUT2D eigenvalue weighted by Crippen LogP contribution is 2.28. The molecule has 0 aliphatic carbocycles. The van der Waals surface area contributed by atoms with E-state index in [4.69, 9.17) is 0 Å². The fraction of sp³-hybridized carbons (Fsp3) is 0.182. The van der Waals surface area contributed by atoms with E-state index in [1.54, 1.807) is 17.5 Å². The number of ketones is 1. The van der Waals surface area contributed by atoms with Gasteiger partial charge in [0.15, 0.2) is 0 Å². The molecule has 0 spiro atoms. The second kappa shape index (κ2) is 7.50. The number of aromatic nitrogens is 1. The molecule has 1 N–H and O–H groups in total. The Morgan fingerprint density at radius 3 is 2.38 bits per heavy atom. The van der Waals surface area contributed by atoms with Crippen LogP contribution >= 0.6 is 22.7 Å². The molecule has 1 amide bonds. The number of nitrogens with one attached hydrogen (secondary N) is 1. The van der Waals surface area contributed by atoms with Crippen LogP contribution in [0.2, 0.25) is 0 Å². The predicted octanol–water partition coefficient (Wildman–Crippen LogP) is 4.48. The number of carbonyl (C=O) groups is 2. The number of hydrogen-bond donors (Lipinski definition) is 1. The fourth-order valence-corrected chi connectivity index (χ4v) is 5.30. The van der Waals surface area contributed by atoms with Gasteiger partial charge in [-0.05, 0) is 41.1 Å². The molecule has 146 valence electrons. The minimum Gasteiger partial charge on any atom is -0.360 e. The van der Waals surface area contributed by atoms with Gasteiger partial charge in [0.25, 0.3) is 5.91 Å². The lowest BCUT2D eigenvalue weighted by atomic mass is 10.0. The highest BCUT2D eigenvalue weighted by Gasteiger charge is 2.26. The van der Waals surface area contributed by atoms with E-state index in [9.17, 15) is 9.59 Å². The largest absolute Gasteiger partial charge is 0.360 e. The lowest BCUT2D eigenvalue weighted by Crippen LogP contribution is -2.48. The molecule has 3 aromatic heterocycles. The summed E-state index contributed by atoms with van der Waals surface area (Å²) >= 11 is 3.14. The number of benzene rings is 1. The number of rotatable bonds is 4. The number of piperazine rings is 1. The molecule has 7 heteroatoms. The van der Waals surface area contributed by atoms with Gasteiger partial charge < -0.3 is 14.8 Å². The molecule has 1 fully saturated rings. The second-order valence-electron chi connectivity index (χ2n) is 6.97. The molecule has 1 aromatic carbocycles. The maximum absolute atomic E-state index is 13.4. The molecular formula is C22H19N3O2S2. The SMILES string of the molecule is O=C(c1cccs1)c1c[nH]c2cccc(C(=O)N3CCN(c4cccs4)CC3)c12. The van der Waals surface area contributed by atoms with Gasteiger partial charge in [0.05, 0.1) is 9.88 Å². The van der Waals surface area contributed by atoms with E-state index in [1.165, 1.54) is 16.3 Å². The van der Waals surface area contributed by atoms with Crippen LogP contribution in [0.15, 0.2) is 59.4 Å². The Bertz CT molecular complexity index is 1150. The van der Waals surface area contributed by atoms with E-state index in [0.717, 1.165) is 24.0 Å². The van der Waals surface area contributed by atoms with E-state index >= 15 is 0 Å². The lowest BCUT2D eigenvalue weighted by Gasteiger charge is -2.35. The minimum absolute atomic E-state index is 0.0127. The van der Waals surface area contributed by atoms with Crippen LogP contribution in [0.4, 0.5) is 5.00 Å². The van der Waals surface area contributed by atoms with Crippen LogP contribution in [0, 0.1) is 0 Å². The molecule has 0 saturated carbocycles. The normalized spacial score (nSPS) is 14.5. The zero-order valence-electron chi connectivity index (χ0n) is 15.6. The van der Waals surface area contributed by atoms with Gasteiger partial charge in [0, 0.05) is 54.4 Å². The third kappa shape index (κ3) is 3.26. The average Bonchev–Trinajstić information content (AvgIpc) is 3.54. The summed E-state index contributed by atoms with van der Waals surface area (Å²) in [6.07, 6.45) is 1.72. The molecule has 4 aromatic rings. The number of fused-ring (bicyclic) bond motifs is 1. The quantitative estimate of drug-likeness (QED) is 0.494. The molecule has 29 heavy (non-hydrogen) atoms. The van der Waals surface area contributed by atoms with E-state index in [1.807, 2.05) is 40.6 Å². The molecule has 1 aliphatic rings. The van der Waals surface area contributed by atoms with Crippen molar-refractivity contribution in [1.82, 2.24) is 9.88 Å². The number of thiophene rings is 2. The van der Waals surface area contributed by atoms with Crippen molar-refractivity contribution < 1.29 is 9.59 Å². The van der Waals surface area contributed by atoms with Crippen LogP contribution in [0.25, 0.3) is 10.9 Å². The zero-order valence-corrected chi connectivity index (χ0v) is 17.3. The minimum atomic E-state index is -0.0472. The Morgan fingerprint density at radius 1 is 0.862 bits per heavy atom. The smallest absolute Gasteiger partial charge is 0.254 e. The Labute approximate surface area is 176 Å². The lowest BCUT2D eigenvalue weighted by molar-refractivity contribution is 0.0749. The van der Waals surface area contributed by atoms with Crippen LogP contribution in [-0.2, 0) is 0 Å². The first-order valence-corrected chi connectivity index (χ1v) is 11.2. The van der Waals surface area contributed by atoms with Gasteiger partial charge in [-0.1, -0.05) is 12.1 Å². The van der Waals surface area contributed by atoms with Crippen LogP contribution in [0.1, 0.15) is 25.6 Å². The van der Waals surface area contributed by atoms with Crippen LogP contribution in [0.5, 0.6) is 0 Å². The van der Waals surface area contributed by atoms with Gasteiger partial charge in [-0.15, -0.1) is 22.7 Å². The monoisotopic (exact) mass is 421 g/mol. The first-order valence-electron chi connectivity index (χ1n) is 9.48. The maximum atomic E-state index is 13.4. The Hall–Kier alpha value is -2.90. The molecule has 4 heterocycles. The van der Waals surface area contributed by atoms with Crippen molar-refractivity contribution in [2.45, 2.75) is 0 Å². The van der Waals surface area contributed by atoms with Gasteiger partial charge >= 0.3 is 0 Å². The fourth-order valence-electron chi connectivity index (χ4n) is 3.83. The summed E-state index contributed by atoms with van der Waals surface area (Å²) in [6, 6.07) is 13.5. The first kappa shape index (κ1) is 18.1. The van der Waals surface area contributed by atoms with Crippen molar-refractivity contribution >= 4 is 50.3 Å². The van der Waals surface area contributed by atoms with Crippen molar-refractivity contribution in [2.24, 2.45) is 0 Å². The molecule has 1 saturated heterocycles. The maximum Gasteiger partial charge on any atom is 0.254 e. The number of amides is 1. The summed E-state index contributed by atoms with van der Waals surface area (Å²) in [5.41, 5.74) is 1.96. The Kier molecular flexibility index (Phi) is 4.69. The third-order valence-electron chi connectivity index (χ3n) is 5.31. The van der Waals surface area contributed by atoms with E-state index < -0.39 is 0 Å². The zero-order chi connectivity index (χ0) is 19.8. The highest BCUT2D eigenvalue weighted by atomic mass is 32.1. The summed E-state index contributed by atoms with van der Waals surface area (Å²) < 4.78 is 0. The molecule has 0 unspecified atom stereocenters. The summed E-state index contributed by atoms with van der Waals surface area (Å²) in [5.74, 6) is -0.0599. The molecule has 5 rings (SSSR count). The number of nitrogens with zero attached hydrogens (tertiary/aromatic N) is 2. The van der Waals surface area contributed by atoms with Crippen molar-refractivity contribution in [3.8, 4) is 0 Å². The van der Waals surface area contributed by atoms with E-state index in [-0.39, 0.29) is 11.7 Å². The summed E-state index contributed by atoms with van der Waals surface area (Å²) in [6.45, 7) is 2.98. The molecule has 1 aliphatic heterocycles. The number of hydrogen-bond acceptors (Lipinski definition) is 5. The van der Waals surface area contributed by atoms with Gasteiger partial charge in [-0.25, -0.2) is 0 Å². The average molecular weight is 422 g/mol. The number of aromatic amines is 1. The van der Waals surface area contributed by atoms with Crippen molar-refractivity contribution in [1.29, 1.82) is 0 Å². The molecule has 0 atom stereocenters. The first-order chi connectivity index (χ1) is 14.2. The Balaban J connectivity index is 1.44. The standard InChI is InChI=1S/C22H19N3O2S2/c26-21(18-6-2-12-28-18)16-14-23-17-5-1-4-15(20(16)17)22(27)25-10-8-24(9-11-25)19-7-3-13-29-19/h1-7,12-14,23H,8-11H2. The topological polar surface area (TPSA) is 56.4 Å². The summed E-state index contributed by atoms with van der Waals surface area (Å²) in [5, 5.41) is 5.93. The molecule has 0 bridgehead atoms. The number of carbonyl (C=O) groups excluding carboxylic acids is 2. The van der Waals surface area contributed by atoms with Crippen LogP contribution in [0.3, 0.4) is 0 Å². The number of anilines is 1. The summed E-state index contributed by atoms with van der Waals surface area (Å²) in [4.78, 5) is 34.4. The second-order valence-corrected chi connectivity index (χ2v) is 8.84. The van der Waals surface area contributed by atoms with Gasteiger partial charge in [0.2, 0.25) is 5.78 Å². The number of H-pyrrole nitrogens is 1. The van der Waals surface area contributed by atoms with Crippen LogP contribution < -0.4 is 4.90 Å². The van der Waals surface area contributed by atoms with E-state index in [0.29, 0.717) is 29.1 Å². The van der Waals surface area contributed by atoms with Crippen molar-refractivity contribution in [2.75, 3.05) is 31.1 Å². The highest BCUT2D eigenvalue weighted by molar-refractivity contribution is 7.14. The van der Waals surface area contributed by atoms with E-state index in [2.05, 4.69) is 27.4 Å². The molecular weight excluding hydrogens is 402 g/mol.